The first-order valence-electron chi connectivity index (χ1n) is 28.8. The van der Waals surface area contributed by atoms with Crippen LogP contribution in [0, 0.1) is 13.8 Å². The molecular formula is C59H93N11O13. The van der Waals surface area contributed by atoms with Crippen LogP contribution in [0.5, 0.6) is 0 Å². The maximum atomic E-state index is 11.7. The Bertz CT molecular complexity index is 2450. The summed E-state index contributed by atoms with van der Waals surface area (Å²) < 4.78 is 40.0. The van der Waals surface area contributed by atoms with E-state index in [0.29, 0.717) is 73.9 Å². The van der Waals surface area contributed by atoms with Gasteiger partial charge in [0.1, 0.15) is 17.0 Å². The van der Waals surface area contributed by atoms with E-state index in [4.69, 9.17) is 44.7 Å². The molecule has 9 rings (SSSR count). The van der Waals surface area contributed by atoms with Crippen LogP contribution in [0.2, 0.25) is 0 Å². The van der Waals surface area contributed by atoms with Crippen LogP contribution in [-0.2, 0) is 55.6 Å². The van der Waals surface area contributed by atoms with Crippen molar-refractivity contribution in [3.63, 3.8) is 0 Å². The number of carboxylic acids is 1. The highest BCUT2D eigenvalue weighted by Gasteiger charge is 2.23. The molecule has 0 aliphatic carbocycles. The van der Waals surface area contributed by atoms with Crippen LogP contribution in [0.4, 0.5) is 4.79 Å². The number of hydrogen-bond acceptors (Lipinski definition) is 20. The molecule has 0 unspecified atom stereocenters. The summed E-state index contributed by atoms with van der Waals surface area (Å²) in [7, 11) is 0. The largest absolute Gasteiger partial charge is 0.478 e. The van der Waals surface area contributed by atoms with Crippen molar-refractivity contribution < 1.29 is 62.2 Å². The van der Waals surface area contributed by atoms with E-state index in [2.05, 4.69) is 47.3 Å². The number of hydrogen-bond donors (Lipinski definition) is 6. The molecule has 24 nitrogen and oxygen atoms in total. The first-order valence-corrected chi connectivity index (χ1v) is 28.8. The molecule has 5 saturated heterocycles. The summed E-state index contributed by atoms with van der Waals surface area (Å²) in [6.07, 6.45) is 20.6. The lowest BCUT2D eigenvalue weighted by Crippen LogP contribution is -2.48. The maximum absolute atomic E-state index is 11.7. The molecule has 0 spiro atoms. The lowest BCUT2D eigenvalue weighted by molar-refractivity contribution is -0.152. The smallest absolute Gasteiger partial charge is 0.422 e. The molecule has 0 bridgehead atoms. The standard InChI is InChI=1S/C17H21N3O2.C16H19N3O3.C10H20N2O3.C6H13NO2.C5H12N2O.C5H8O2/c1-12-15(9-14-10-18-6-3-17(14)13(2)21)11-20(19-12)16-4-7-22-8-5-16;1-11-13(8-12-9-17-5-2-15(12)16(20)21)10-19(18-11)14-3-6-22-7-4-14;1-10(2,3)15-9(13)12-11-8-4-6-14-7-5-8;1-6(2,3)9-5(8)4-7;6-7-5-1-3-8-4-2-5;6-5-1-3-7-4-2-5/h3,6,10-11,16H,4-5,7-9H2,1-2H3;2,5,9-10,14H,3-4,6-8H2,1H3,(H,20,21);8,11H,4-7H2,1-3H3,(H,12,13);4,7H2,1-3H3;5,7H,1-4,6H2;1-4H2. The topological polar surface area (TPSA) is 320 Å². The highest BCUT2D eigenvalue weighted by molar-refractivity contribution is 5.95. The molecule has 0 saturated carbocycles. The number of aromatic carboxylic acids is 1. The number of ketones is 2. The van der Waals surface area contributed by atoms with Crippen molar-refractivity contribution >= 4 is 29.6 Å². The fraction of sp³-hybridized carbons (Fsp3) is 0.644. The molecule has 0 radical (unpaired) electrons. The summed E-state index contributed by atoms with van der Waals surface area (Å²) in [4.78, 5) is 63.4. The third kappa shape index (κ3) is 27.4. The number of ether oxygens (including phenoxy) is 7. The molecule has 83 heavy (non-hydrogen) atoms. The highest BCUT2D eigenvalue weighted by Crippen LogP contribution is 2.25. The van der Waals surface area contributed by atoms with Crippen LogP contribution in [0.3, 0.4) is 0 Å². The number of aryl methyl sites for hydroxylation is 2. The molecule has 5 aliphatic rings. The van der Waals surface area contributed by atoms with Crippen molar-refractivity contribution in [2.45, 2.75) is 175 Å². The van der Waals surface area contributed by atoms with Crippen molar-refractivity contribution in [2.24, 2.45) is 11.6 Å². The van der Waals surface area contributed by atoms with E-state index in [1.165, 1.54) is 12.3 Å². The monoisotopic (exact) mass is 1160 g/mol. The van der Waals surface area contributed by atoms with E-state index < -0.39 is 23.3 Å². The number of hydrazine groups is 2. The van der Waals surface area contributed by atoms with E-state index in [-0.39, 0.29) is 24.3 Å². The van der Waals surface area contributed by atoms with E-state index in [1.54, 1.807) is 52.4 Å². The molecule has 5 aliphatic heterocycles. The van der Waals surface area contributed by atoms with Gasteiger partial charge in [-0.1, -0.05) is 0 Å². The number of Topliss-reactive ketones (excluding diaryl/α,β-unsaturated/α-hetero) is 2. The molecule has 24 heteroatoms. The van der Waals surface area contributed by atoms with Crippen molar-refractivity contribution in [3.05, 3.63) is 94.1 Å². The second kappa shape index (κ2) is 36.6. The molecule has 462 valence electrons. The molecule has 4 aromatic heterocycles. The van der Waals surface area contributed by atoms with E-state index in [9.17, 15) is 29.1 Å². The quantitative estimate of drug-likeness (QED) is 0.0385. The van der Waals surface area contributed by atoms with Gasteiger partial charge in [0.25, 0.3) is 0 Å². The lowest BCUT2D eigenvalue weighted by atomic mass is 10.0. The molecule has 5 fully saturated rings. The number of carbonyl (C=O) groups is 5. The third-order valence-corrected chi connectivity index (χ3v) is 13.4. The number of aromatic nitrogens is 6. The van der Waals surface area contributed by atoms with Crippen LogP contribution >= 0.6 is 0 Å². The number of rotatable bonds is 12. The van der Waals surface area contributed by atoms with Gasteiger partial charge in [0.2, 0.25) is 0 Å². The number of carbonyl (C=O) groups excluding carboxylic acids is 4. The average Bonchev–Trinajstić information content (AvgIpc) is 4.28. The van der Waals surface area contributed by atoms with Crippen molar-refractivity contribution in [1.82, 2.24) is 45.8 Å². The Hall–Kier alpha value is -6.09. The molecule has 4 aromatic rings. The van der Waals surface area contributed by atoms with Gasteiger partial charge in [-0.05, 0) is 148 Å². The van der Waals surface area contributed by atoms with Crippen LogP contribution < -0.4 is 27.9 Å². The summed E-state index contributed by atoms with van der Waals surface area (Å²) in [6, 6.07) is 4.89. The fourth-order valence-electron chi connectivity index (χ4n) is 8.91. The van der Waals surface area contributed by atoms with E-state index >= 15 is 0 Å². The van der Waals surface area contributed by atoms with Crippen LogP contribution in [-0.4, -0.2) is 160 Å². The number of esters is 1. The maximum Gasteiger partial charge on any atom is 0.422 e. The molecule has 0 aromatic carbocycles. The Morgan fingerprint density at radius 3 is 1.40 bits per heavy atom. The average molecular weight is 1160 g/mol. The van der Waals surface area contributed by atoms with Crippen LogP contribution in [0.1, 0.15) is 179 Å². The van der Waals surface area contributed by atoms with Crippen LogP contribution in [0.25, 0.3) is 0 Å². The number of carboxylic acid groups (broad SMARTS) is 1. The lowest BCUT2D eigenvalue weighted by Gasteiger charge is -2.25. The molecule has 0 atom stereocenters. The van der Waals surface area contributed by atoms with Crippen molar-refractivity contribution in [3.8, 4) is 0 Å². The van der Waals surface area contributed by atoms with E-state index in [1.807, 2.05) is 45.5 Å². The fourth-order valence-corrected chi connectivity index (χ4v) is 8.91. The number of nitrogens with two attached hydrogens (primary N) is 2. The molecule has 9 heterocycles. The second-order valence-corrected chi connectivity index (χ2v) is 22.6. The first-order chi connectivity index (χ1) is 39.5. The minimum atomic E-state index is -0.924. The number of nitrogens with zero attached hydrogens (tertiary/aromatic N) is 6. The van der Waals surface area contributed by atoms with E-state index in [0.717, 1.165) is 138 Å². The van der Waals surface area contributed by atoms with Gasteiger partial charge in [0.05, 0.1) is 48.8 Å². The van der Waals surface area contributed by atoms with Gasteiger partial charge in [-0.25, -0.2) is 15.0 Å². The Balaban J connectivity index is 0.000000226. The van der Waals surface area contributed by atoms with Gasteiger partial charge in [0.15, 0.2) is 5.78 Å². The zero-order chi connectivity index (χ0) is 60.8. The predicted octanol–water partition coefficient (Wildman–Crippen LogP) is 6.43. The number of amides is 1. The number of pyridine rings is 2. The Morgan fingerprint density at radius 1 is 0.627 bits per heavy atom. The summed E-state index contributed by atoms with van der Waals surface area (Å²) in [5.41, 5.74) is 19.2. The van der Waals surface area contributed by atoms with Gasteiger partial charge in [-0.15, -0.1) is 0 Å². The zero-order valence-electron chi connectivity index (χ0n) is 50.4. The summed E-state index contributed by atoms with van der Waals surface area (Å²) in [5, 5.41) is 18.5. The normalized spacial score (nSPS) is 17.2. The minimum Gasteiger partial charge on any atom is -0.478 e. The highest BCUT2D eigenvalue weighted by atomic mass is 16.6. The molecule has 1 amide bonds. The van der Waals surface area contributed by atoms with Crippen LogP contribution in [0.15, 0.2) is 49.3 Å². The molecule has 8 N–H and O–H groups in total. The Labute approximate surface area is 489 Å². The Kier molecular flexibility index (Phi) is 30.6. The first kappa shape index (κ1) is 69.4. The molecular weight excluding hydrogens is 1070 g/mol. The summed E-state index contributed by atoms with van der Waals surface area (Å²) in [5.74, 6) is 4.33. The minimum absolute atomic E-state index is 0.0444. The Morgan fingerprint density at radius 2 is 1.04 bits per heavy atom. The third-order valence-electron chi connectivity index (χ3n) is 13.4. The SMILES string of the molecule is CC(=O)c1ccncc1Cc1cn(C2CCOCC2)nc1C.CC(C)(C)OC(=O)CN.CC(C)(C)OC(=O)NNC1CCOCC1.Cc1nn(C2CCOCC2)cc1Cc1cnccc1C(=O)O.NNC1CCOCC1.O=C1CCOCC1. The predicted molar refractivity (Wildman–Crippen MR) is 311 cm³/mol. The van der Waals surface area contributed by atoms with Crippen molar-refractivity contribution in [2.75, 3.05) is 72.6 Å². The van der Waals surface area contributed by atoms with Gasteiger partial charge in [-0.2, -0.15) is 10.2 Å². The van der Waals surface area contributed by atoms with Gasteiger partial charge >= 0.3 is 18.0 Å². The van der Waals surface area contributed by atoms with Gasteiger partial charge in [-0.3, -0.25) is 50.4 Å². The second-order valence-electron chi connectivity index (χ2n) is 22.6. The zero-order valence-corrected chi connectivity index (χ0v) is 50.4. The van der Waals surface area contributed by atoms with Gasteiger partial charge in [0, 0.05) is 133 Å². The number of nitrogens with one attached hydrogen (secondary N) is 3. The summed E-state index contributed by atoms with van der Waals surface area (Å²) in [6.45, 7) is 24.1. The van der Waals surface area contributed by atoms with Gasteiger partial charge < -0.3 is 44.0 Å². The van der Waals surface area contributed by atoms with Crippen molar-refractivity contribution in [1.29, 1.82) is 0 Å². The summed E-state index contributed by atoms with van der Waals surface area (Å²) >= 11 is 0.